The van der Waals surface area contributed by atoms with Gasteiger partial charge in [0, 0.05) is 0 Å². The SMILES string of the molecule is COC(=O)C(=O)/C(F)=C(/[O-])OC.[Na+]. The van der Waals surface area contributed by atoms with Gasteiger partial charge in [-0.1, -0.05) is 0 Å². The Balaban J connectivity index is 0. The number of carbonyl (C=O) groups excluding carboxylic acids is 2. The van der Waals surface area contributed by atoms with Crippen molar-refractivity contribution in [2.24, 2.45) is 0 Å². The van der Waals surface area contributed by atoms with E-state index in [9.17, 15) is 19.1 Å². The summed E-state index contributed by atoms with van der Waals surface area (Å²) in [6, 6.07) is 0. The molecule has 0 aliphatic heterocycles. The fourth-order valence-corrected chi connectivity index (χ4v) is 0.365. The summed E-state index contributed by atoms with van der Waals surface area (Å²) < 4.78 is 20.1. The Labute approximate surface area is 95.8 Å². The molecular weight excluding hydrogens is 194 g/mol. The number of Topliss-reactive ketones (excluding diaryl/α,β-unsaturated/α-hetero) is 1. The minimum atomic E-state index is -1.79. The van der Waals surface area contributed by atoms with Gasteiger partial charge in [-0.05, 0) is 7.11 Å². The number of ketones is 1. The van der Waals surface area contributed by atoms with Gasteiger partial charge in [0.1, 0.15) is 0 Å². The summed E-state index contributed by atoms with van der Waals surface area (Å²) in [7, 11) is 1.78. The zero-order chi connectivity index (χ0) is 9.72. The van der Waals surface area contributed by atoms with Crippen molar-refractivity contribution in [1.29, 1.82) is 0 Å². The molecule has 0 unspecified atom stereocenters. The topological polar surface area (TPSA) is 75.7 Å². The van der Waals surface area contributed by atoms with Crippen LogP contribution < -0.4 is 34.7 Å². The molecular formula is C6H6FNaO5. The molecule has 0 spiro atoms. The van der Waals surface area contributed by atoms with Gasteiger partial charge < -0.3 is 14.6 Å². The van der Waals surface area contributed by atoms with Crippen molar-refractivity contribution in [2.75, 3.05) is 14.2 Å². The van der Waals surface area contributed by atoms with Crippen LogP contribution in [0.3, 0.4) is 0 Å². The number of ether oxygens (including phenoxy) is 2. The molecule has 0 saturated heterocycles. The van der Waals surface area contributed by atoms with Gasteiger partial charge in [-0.2, -0.15) is 0 Å². The Morgan fingerprint density at radius 3 is 2.00 bits per heavy atom. The monoisotopic (exact) mass is 200 g/mol. The average molecular weight is 200 g/mol. The van der Waals surface area contributed by atoms with Crippen LogP contribution in [-0.2, 0) is 19.1 Å². The first-order chi connectivity index (χ1) is 5.54. The molecule has 0 aliphatic carbocycles. The second kappa shape index (κ2) is 6.88. The molecule has 68 valence electrons. The molecule has 0 rings (SSSR count). The summed E-state index contributed by atoms with van der Waals surface area (Å²) in [6.45, 7) is 0. The number of rotatable bonds is 3. The van der Waals surface area contributed by atoms with E-state index in [-0.39, 0.29) is 29.6 Å². The molecule has 0 aliphatic rings. The van der Waals surface area contributed by atoms with Gasteiger partial charge in [-0.25, -0.2) is 9.18 Å². The van der Waals surface area contributed by atoms with Gasteiger partial charge in [-0.15, -0.1) is 0 Å². The van der Waals surface area contributed by atoms with Crippen LogP contribution in [0.4, 0.5) is 4.39 Å². The smallest absolute Gasteiger partial charge is 0.614 e. The number of carbonyl (C=O) groups is 2. The van der Waals surface area contributed by atoms with E-state index in [1.807, 2.05) is 0 Å². The van der Waals surface area contributed by atoms with Crippen molar-refractivity contribution in [1.82, 2.24) is 0 Å². The van der Waals surface area contributed by atoms with E-state index >= 15 is 0 Å². The van der Waals surface area contributed by atoms with Gasteiger partial charge >= 0.3 is 35.5 Å². The Morgan fingerprint density at radius 2 is 1.69 bits per heavy atom. The maximum atomic E-state index is 12.4. The van der Waals surface area contributed by atoms with Crippen molar-refractivity contribution in [3.05, 3.63) is 11.8 Å². The fraction of sp³-hybridized carbons (Fsp3) is 0.333. The standard InChI is InChI=1S/C6H7FO5.Na/c1-11-5(9)3(7)4(8)6(10)12-2;/h9H,1-2H3;/q;+1/p-1/b5-3+;. The molecule has 0 aromatic rings. The van der Waals surface area contributed by atoms with Crippen LogP contribution in [-0.4, -0.2) is 26.0 Å². The maximum Gasteiger partial charge on any atom is 1.00 e. The molecule has 0 saturated carbocycles. The van der Waals surface area contributed by atoms with Gasteiger partial charge in [0.15, 0.2) is 5.83 Å². The van der Waals surface area contributed by atoms with E-state index in [1.54, 1.807) is 0 Å². The van der Waals surface area contributed by atoms with Crippen LogP contribution in [0.2, 0.25) is 0 Å². The summed E-state index contributed by atoms with van der Waals surface area (Å²) in [6.07, 6.45) is 0. The van der Waals surface area contributed by atoms with E-state index < -0.39 is 23.5 Å². The van der Waals surface area contributed by atoms with Gasteiger partial charge in [0.05, 0.1) is 13.1 Å². The predicted octanol–water partition coefficient (Wildman–Crippen LogP) is -4.12. The Bertz CT molecular complexity index is 237. The first-order valence-corrected chi connectivity index (χ1v) is 2.78. The van der Waals surface area contributed by atoms with E-state index in [1.165, 1.54) is 0 Å². The normalized spacial score (nSPS) is 10.7. The number of hydrogen-bond donors (Lipinski definition) is 0. The molecule has 5 nitrogen and oxygen atoms in total. The molecule has 0 bridgehead atoms. The first kappa shape index (κ1) is 14.9. The molecule has 0 fully saturated rings. The van der Waals surface area contributed by atoms with Gasteiger partial charge in [0.2, 0.25) is 0 Å². The minimum Gasteiger partial charge on any atom is -0.614 e. The zero-order valence-corrected chi connectivity index (χ0v) is 9.42. The molecule has 0 N–H and O–H groups in total. The fourth-order valence-electron chi connectivity index (χ4n) is 0.365. The molecule has 0 amide bonds. The van der Waals surface area contributed by atoms with Crippen LogP contribution in [0.1, 0.15) is 0 Å². The third-order valence-electron chi connectivity index (χ3n) is 0.935. The predicted molar refractivity (Wildman–Crippen MR) is 32.2 cm³/mol. The molecule has 13 heavy (non-hydrogen) atoms. The second-order valence-electron chi connectivity index (χ2n) is 1.63. The molecule has 0 heterocycles. The summed E-state index contributed by atoms with van der Waals surface area (Å²) in [5, 5.41) is 10.3. The van der Waals surface area contributed by atoms with Crippen LogP contribution in [0, 0.1) is 0 Å². The largest absolute Gasteiger partial charge is 1.00 e. The first-order valence-electron chi connectivity index (χ1n) is 2.78. The Morgan fingerprint density at radius 1 is 1.23 bits per heavy atom. The Kier molecular flexibility index (Phi) is 7.89. The van der Waals surface area contributed by atoms with Crippen molar-refractivity contribution in [2.45, 2.75) is 0 Å². The maximum absolute atomic E-state index is 12.4. The molecule has 0 radical (unpaired) electrons. The van der Waals surface area contributed by atoms with Crippen LogP contribution in [0.5, 0.6) is 0 Å². The summed E-state index contributed by atoms with van der Waals surface area (Å²) in [5.74, 6) is -6.38. The summed E-state index contributed by atoms with van der Waals surface area (Å²) in [4.78, 5) is 20.8. The second-order valence-corrected chi connectivity index (χ2v) is 1.63. The minimum absolute atomic E-state index is 0. The van der Waals surface area contributed by atoms with E-state index in [4.69, 9.17) is 0 Å². The molecule has 0 aromatic heterocycles. The van der Waals surface area contributed by atoms with Crippen molar-refractivity contribution in [3.8, 4) is 0 Å². The quantitative estimate of drug-likeness (QED) is 0.152. The van der Waals surface area contributed by atoms with Crippen LogP contribution in [0.15, 0.2) is 11.8 Å². The van der Waals surface area contributed by atoms with E-state index in [0.29, 0.717) is 0 Å². The molecule has 0 atom stereocenters. The van der Waals surface area contributed by atoms with Crippen LogP contribution in [0.25, 0.3) is 0 Å². The Hall–Kier alpha value is -0.590. The van der Waals surface area contributed by atoms with Crippen LogP contribution >= 0.6 is 0 Å². The van der Waals surface area contributed by atoms with Gasteiger partial charge in [0.25, 0.3) is 5.78 Å². The number of methoxy groups -OCH3 is 2. The zero-order valence-electron chi connectivity index (χ0n) is 7.42. The van der Waals surface area contributed by atoms with E-state index in [2.05, 4.69) is 9.47 Å². The number of halogens is 1. The molecule has 0 aromatic carbocycles. The van der Waals surface area contributed by atoms with Crippen molar-refractivity contribution in [3.63, 3.8) is 0 Å². The number of esters is 1. The van der Waals surface area contributed by atoms with E-state index in [0.717, 1.165) is 14.2 Å². The van der Waals surface area contributed by atoms with Crippen molar-refractivity contribution < 1.29 is 58.1 Å². The average Bonchev–Trinajstić information content (AvgIpc) is 2.12. The van der Waals surface area contributed by atoms with Gasteiger partial charge in [-0.3, -0.25) is 4.79 Å². The third kappa shape index (κ3) is 4.25. The number of hydrogen-bond acceptors (Lipinski definition) is 5. The third-order valence-corrected chi connectivity index (χ3v) is 0.935. The summed E-state index contributed by atoms with van der Waals surface area (Å²) in [5.41, 5.74) is 0. The summed E-state index contributed by atoms with van der Waals surface area (Å²) >= 11 is 0. The molecule has 7 heteroatoms. The van der Waals surface area contributed by atoms with Crippen molar-refractivity contribution >= 4 is 11.8 Å².